The maximum Gasteiger partial charge on any atom is 0.244 e. The van der Waals surface area contributed by atoms with Crippen molar-refractivity contribution in [1.82, 2.24) is 40.1 Å². The molecule has 10 nitrogen and oxygen atoms in total. The molecule has 1 aliphatic heterocycles. The first-order chi connectivity index (χ1) is 16.6. The fraction of sp³-hybridized carbons (Fsp3) is 0.333. The number of hydrogen-bond acceptors (Lipinski definition) is 8. The highest BCUT2D eigenvalue weighted by molar-refractivity contribution is 5.79. The van der Waals surface area contributed by atoms with Crippen LogP contribution >= 0.6 is 0 Å². The fourth-order valence-corrected chi connectivity index (χ4v) is 4.07. The van der Waals surface area contributed by atoms with Crippen LogP contribution in [-0.4, -0.2) is 72.2 Å². The average Bonchev–Trinajstić information content (AvgIpc) is 3.58. The van der Waals surface area contributed by atoms with E-state index in [9.17, 15) is 4.79 Å². The molecule has 5 rings (SSSR count). The highest BCUT2D eigenvalue weighted by Gasteiger charge is 2.27. The Morgan fingerprint density at radius 2 is 1.76 bits per heavy atom. The van der Waals surface area contributed by atoms with Crippen LogP contribution in [0.2, 0.25) is 0 Å². The maximum atomic E-state index is 12.8. The monoisotopic (exact) mass is 458 g/mol. The van der Waals surface area contributed by atoms with Crippen LogP contribution in [0.15, 0.2) is 59.4 Å². The molecule has 0 saturated carbocycles. The molecule has 2 aromatic carbocycles. The van der Waals surface area contributed by atoms with Crippen LogP contribution in [-0.2, 0) is 11.2 Å². The fourth-order valence-electron chi connectivity index (χ4n) is 4.07. The van der Waals surface area contributed by atoms with Crippen molar-refractivity contribution in [2.24, 2.45) is 0 Å². The third-order valence-electron chi connectivity index (χ3n) is 6.23. The summed E-state index contributed by atoms with van der Waals surface area (Å²) in [6.07, 6.45) is 1.91. The van der Waals surface area contributed by atoms with E-state index in [-0.39, 0.29) is 11.9 Å². The molecule has 1 amide bonds. The van der Waals surface area contributed by atoms with E-state index in [2.05, 4.69) is 37.5 Å². The van der Waals surface area contributed by atoms with E-state index in [4.69, 9.17) is 4.52 Å². The largest absolute Gasteiger partial charge is 0.340 e. The Morgan fingerprint density at radius 1 is 1.03 bits per heavy atom. The number of carbonyl (C=O) groups is 1. The van der Waals surface area contributed by atoms with E-state index in [1.54, 1.807) is 4.68 Å². The summed E-state index contributed by atoms with van der Waals surface area (Å²) in [5.74, 6) is 1.32. The molecule has 34 heavy (non-hydrogen) atoms. The van der Waals surface area contributed by atoms with Crippen molar-refractivity contribution in [2.45, 2.75) is 26.3 Å². The van der Waals surface area contributed by atoms with Gasteiger partial charge in [0, 0.05) is 31.7 Å². The first kappa shape index (κ1) is 21.9. The van der Waals surface area contributed by atoms with E-state index >= 15 is 0 Å². The number of amides is 1. The average molecular weight is 459 g/mol. The Bertz CT molecular complexity index is 1230. The molecule has 1 aliphatic rings. The molecule has 0 N–H and O–H groups in total. The van der Waals surface area contributed by atoms with Gasteiger partial charge in [-0.1, -0.05) is 47.1 Å². The zero-order valence-corrected chi connectivity index (χ0v) is 19.2. The number of nitrogens with zero attached hydrogens (tertiary/aromatic N) is 8. The molecule has 10 heteroatoms. The second kappa shape index (κ2) is 9.52. The summed E-state index contributed by atoms with van der Waals surface area (Å²) in [4.78, 5) is 21.6. The lowest BCUT2D eigenvalue weighted by Crippen LogP contribution is -2.49. The van der Waals surface area contributed by atoms with Crippen molar-refractivity contribution in [1.29, 1.82) is 0 Å². The van der Waals surface area contributed by atoms with E-state index in [0.29, 0.717) is 31.2 Å². The van der Waals surface area contributed by atoms with Gasteiger partial charge in [0.2, 0.25) is 17.6 Å². The van der Waals surface area contributed by atoms with Crippen LogP contribution in [0, 0.1) is 6.92 Å². The minimum absolute atomic E-state index is 0.0113. The summed E-state index contributed by atoms with van der Waals surface area (Å²) < 4.78 is 7.14. The smallest absolute Gasteiger partial charge is 0.244 e. The summed E-state index contributed by atoms with van der Waals surface area (Å²) in [5.41, 5.74) is 3.95. The Balaban J connectivity index is 1.14. The third kappa shape index (κ3) is 4.72. The molecule has 3 heterocycles. The maximum absolute atomic E-state index is 12.8. The first-order valence-corrected chi connectivity index (χ1v) is 11.3. The van der Waals surface area contributed by atoms with E-state index in [0.717, 1.165) is 29.9 Å². The summed E-state index contributed by atoms with van der Waals surface area (Å²) in [6.45, 7) is 6.97. The summed E-state index contributed by atoms with van der Waals surface area (Å²) in [7, 11) is 0. The van der Waals surface area contributed by atoms with Gasteiger partial charge in [0.25, 0.3) is 0 Å². The van der Waals surface area contributed by atoms with Crippen LogP contribution < -0.4 is 0 Å². The molecule has 4 aromatic rings. The topological polar surface area (TPSA) is 106 Å². The first-order valence-electron chi connectivity index (χ1n) is 11.3. The molecular formula is C24H26N8O2. The van der Waals surface area contributed by atoms with Crippen LogP contribution in [0.25, 0.3) is 17.1 Å². The van der Waals surface area contributed by atoms with Crippen LogP contribution in [0.5, 0.6) is 0 Å². The van der Waals surface area contributed by atoms with Crippen LogP contribution in [0.4, 0.5) is 0 Å². The number of rotatable bonds is 6. The normalized spacial score (nSPS) is 15.4. The van der Waals surface area contributed by atoms with Gasteiger partial charge in [0.05, 0.1) is 18.2 Å². The van der Waals surface area contributed by atoms with Gasteiger partial charge in [0.1, 0.15) is 6.33 Å². The Morgan fingerprint density at radius 3 is 2.44 bits per heavy atom. The van der Waals surface area contributed by atoms with Crippen molar-refractivity contribution in [2.75, 3.05) is 26.2 Å². The Hall–Kier alpha value is -3.92. The minimum Gasteiger partial charge on any atom is -0.340 e. The quantitative estimate of drug-likeness (QED) is 0.434. The van der Waals surface area contributed by atoms with Crippen LogP contribution in [0.3, 0.4) is 0 Å². The molecule has 1 fully saturated rings. The van der Waals surface area contributed by atoms with E-state index < -0.39 is 0 Å². The van der Waals surface area contributed by atoms with Gasteiger partial charge in [-0.3, -0.25) is 9.69 Å². The molecule has 1 atom stereocenters. The highest BCUT2D eigenvalue weighted by atomic mass is 16.5. The highest BCUT2D eigenvalue weighted by Crippen LogP contribution is 2.24. The molecule has 0 bridgehead atoms. The standard InChI is InChI=1S/C24H26N8O2/c1-17-3-7-20(8-4-17)23-26-24(34-27-23)18(2)30-11-13-31(14-12-30)22(33)15-19-5-9-21(10-6-19)32-16-25-28-29-32/h3-10,16,18H,11-15H2,1-2H3. The molecule has 0 spiro atoms. The van der Waals surface area contributed by atoms with Gasteiger partial charge in [-0.05, 0) is 42.0 Å². The van der Waals surface area contributed by atoms with Crippen molar-refractivity contribution >= 4 is 5.91 Å². The number of carbonyl (C=O) groups excluding carboxylic acids is 1. The number of aromatic nitrogens is 6. The SMILES string of the molecule is Cc1ccc(-c2noc(C(C)N3CCN(C(=O)Cc4ccc(-n5cnnn5)cc4)CC3)n2)cc1. The van der Waals surface area contributed by atoms with Crippen molar-refractivity contribution < 1.29 is 9.32 Å². The number of hydrogen-bond donors (Lipinski definition) is 0. The molecular weight excluding hydrogens is 432 g/mol. The van der Waals surface area contributed by atoms with Crippen molar-refractivity contribution in [3.8, 4) is 17.1 Å². The zero-order valence-electron chi connectivity index (χ0n) is 19.2. The number of tetrazole rings is 1. The van der Waals surface area contributed by atoms with Crippen molar-refractivity contribution in [3.05, 3.63) is 71.9 Å². The summed E-state index contributed by atoms with van der Waals surface area (Å²) in [5, 5.41) is 15.3. The summed E-state index contributed by atoms with van der Waals surface area (Å²) >= 11 is 0. The Kier molecular flexibility index (Phi) is 6.13. The number of piperazine rings is 1. The van der Waals surface area contributed by atoms with Gasteiger partial charge in [-0.2, -0.15) is 4.98 Å². The second-order valence-corrected chi connectivity index (χ2v) is 8.51. The number of benzene rings is 2. The minimum atomic E-state index is -0.0113. The predicted octanol–water partition coefficient (Wildman–Crippen LogP) is 2.47. The number of aryl methyl sites for hydroxylation is 1. The van der Waals surface area contributed by atoms with Crippen LogP contribution in [0.1, 0.15) is 30.0 Å². The van der Waals surface area contributed by atoms with Gasteiger partial charge in [-0.25, -0.2) is 4.68 Å². The Labute approximate surface area is 197 Å². The van der Waals surface area contributed by atoms with Gasteiger partial charge < -0.3 is 9.42 Å². The molecule has 2 aromatic heterocycles. The second-order valence-electron chi connectivity index (χ2n) is 8.51. The lowest BCUT2D eigenvalue weighted by atomic mass is 10.1. The molecule has 1 unspecified atom stereocenters. The molecule has 1 saturated heterocycles. The van der Waals surface area contributed by atoms with E-state index in [1.165, 1.54) is 11.9 Å². The lowest BCUT2D eigenvalue weighted by molar-refractivity contribution is -0.132. The molecule has 174 valence electrons. The van der Waals surface area contributed by atoms with Gasteiger partial charge in [-0.15, -0.1) is 5.10 Å². The van der Waals surface area contributed by atoms with E-state index in [1.807, 2.05) is 60.4 Å². The molecule has 0 radical (unpaired) electrons. The molecule has 0 aliphatic carbocycles. The van der Waals surface area contributed by atoms with Gasteiger partial charge in [0.15, 0.2) is 0 Å². The lowest BCUT2D eigenvalue weighted by Gasteiger charge is -2.36. The third-order valence-corrected chi connectivity index (χ3v) is 6.23. The predicted molar refractivity (Wildman–Crippen MR) is 124 cm³/mol. The van der Waals surface area contributed by atoms with Crippen molar-refractivity contribution in [3.63, 3.8) is 0 Å². The summed E-state index contributed by atoms with van der Waals surface area (Å²) in [6, 6.07) is 15.8. The van der Waals surface area contributed by atoms with Gasteiger partial charge >= 0.3 is 0 Å². The zero-order chi connectivity index (χ0) is 23.5.